The molecule has 1 aromatic heterocycles. The number of rotatable bonds is 3. The van der Waals surface area contributed by atoms with E-state index in [1.54, 1.807) is 13.1 Å². The number of nitrogens with two attached hydrogens (primary N) is 1. The van der Waals surface area contributed by atoms with Gasteiger partial charge in [-0.05, 0) is 18.2 Å². The molecule has 2 rings (SSSR count). The smallest absolute Gasteiger partial charge is 0.221 e. The van der Waals surface area contributed by atoms with Crippen LogP contribution in [0.5, 0.6) is 0 Å². The number of anilines is 1. The monoisotopic (exact) mass is 251 g/mol. The normalized spacial score (nSPS) is 10.7. The molecule has 2 aromatic rings. The summed E-state index contributed by atoms with van der Waals surface area (Å²) in [5.41, 5.74) is 7.49. The van der Waals surface area contributed by atoms with Crippen molar-refractivity contribution in [1.29, 1.82) is 0 Å². The second-order valence-electron chi connectivity index (χ2n) is 3.86. The van der Waals surface area contributed by atoms with Crippen molar-refractivity contribution in [3.63, 3.8) is 0 Å². The Bertz CT molecular complexity index is 562. The zero-order chi connectivity index (χ0) is 12.4. The maximum Gasteiger partial charge on any atom is 0.221 e. The highest BCUT2D eigenvalue weighted by Gasteiger charge is 2.06. The van der Waals surface area contributed by atoms with E-state index in [9.17, 15) is 4.79 Å². The Morgan fingerprint density at radius 3 is 3.00 bits per heavy atom. The largest absolute Gasteiger partial charge is 0.398 e. The van der Waals surface area contributed by atoms with Crippen molar-refractivity contribution in [2.75, 3.05) is 12.8 Å². The van der Waals surface area contributed by atoms with Crippen LogP contribution in [0.3, 0.4) is 0 Å². The first-order chi connectivity index (χ1) is 8.11. The molecule has 1 amide bonds. The molecule has 1 aromatic carbocycles. The van der Waals surface area contributed by atoms with E-state index in [2.05, 4.69) is 5.32 Å². The molecule has 3 N–H and O–H groups in total. The molecule has 0 aliphatic rings. The molecule has 0 aliphatic heterocycles. The lowest BCUT2D eigenvalue weighted by Crippen LogP contribution is -2.19. The Balaban J connectivity index is 2.32. The molecule has 0 unspecified atom stereocenters. The minimum Gasteiger partial charge on any atom is -0.398 e. The minimum absolute atomic E-state index is 0.0156. The summed E-state index contributed by atoms with van der Waals surface area (Å²) in [7, 11) is 1.63. The zero-order valence-electron chi connectivity index (χ0n) is 9.53. The number of amides is 1. The quantitative estimate of drug-likeness (QED) is 0.820. The summed E-state index contributed by atoms with van der Waals surface area (Å²) in [4.78, 5) is 11.2. The lowest BCUT2D eigenvalue weighted by Gasteiger charge is -2.06. The van der Waals surface area contributed by atoms with Crippen molar-refractivity contribution in [3.8, 4) is 0 Å². The number of carbonyl (C=O) groups excluding carboxylic acids is 1. The molecule has 0 saturated carbocycles. The molecule has 17 heavy (non-hydrogen) atoms. The summed E-state index contributed by atoms with van der Waals surface area (Å²) in [6.07, 6.45) is 2.35. The number of nitrogen functional groups attached to an aromatic ring is 1. The molecule has 0 fully saturated rings. The molecule has 90 valence electrons. The first-order valence-corrected chi connectivity index (χ1v) is 5.74. The fraction of sp³-hybridized carbons (Fsp3) is 0.250. The van der Waals surface area contributed by atoms with Gasteiger partial charge in [0, 0.05) is 42.3 Å². The number of nitrogens with zero attached hydrogens (tertiary/aromatic N) is 1. The lowest BCUT2D eigenvalue weighted by molar-refractivity contribution is -0.120. The molecule has 5 heteroatoms. The fourth-order valence-electron chi connectivity index (χ4n) is 1.83. The van der Waals surface area contributed by atoms with Gasteiger partial charge < -0.3 is 15.6 Å². The lowest BCUT2D eigenvalue weighted by atomic mass is 10.2. The van der Waals surface area contributed by atoms with Crippen molar-refractivity contribution in [2.24, 2.45) is 0 Å². The van der Waals surface area contributed by atoms with Gasteiger partial charge in [-0.3, -0.25) is 4.79 Å². The van der Waals surface area contributed by atoms with E-state index < -0.39 is 0 Å². The van der Waals surface area contributed by atoms with Crippen LogP contribution >= 0.6 is 11.6 Å². The van der Waals surface area contributed by atoms with E-state index in [0.717, 1.165) is 10.9 Å². The second kappa shape index (κ2) is 4.67. The maximum atomic E-state index is 11.2. The highest BCUT2D eigenvalue weighted by atomic mass is 35.5. The first kappa shape index (κ1) is 11.8. The number of benzene rings is 1. The van der Waals surface area contributed by atoms with Gasteiger partial charge in [0.05, 0.1) is 5.52 Å². The third kappa shape index (κ3) is 2.36. The highest BCUT2D eigenvalue weighted by molar-refractivity contribution is 6.31. The van der Waals surface area contributed by atoms with Crippen LogP contribution in [0.15, 0.2) is 24.4 Å². The van der Waals surface area contributed by atoms with Crippen LogP contribution in [0.1, 0.15) is 6.42 Å². The molecule has 1 heterocycles. The van der Waals surface area contributed by atoms with Gasteiger partial charge in [0.1, 0.15) is 0 Å². The van der Waals surface area contributed by atoms with Gasteiger partial charge in [0.2, 0.25) is 5.91 Å². The van der Waals surface area contributed by atoms with Crippen molar-refractivity contribution >= 4 is 34.1 Å². The van der Waals surface area contributed by atoms with Gasteiger partial charge in [-0.15, -0.1) is 0 Å². The number of hydrogen-bond donors (Lipinski definition) is 2. The van der Waals surface area contributed by atoms with E-state index in [1.807, 2.05) is 22.9 Å². The molecule has 4 nitrogen and oxygen atoms in total. The van der Waals surface area contributed by atoms with Crippen LogP contribution in [0.2, 0.25) is 5.02 Å². The molecule has 0 aliphatic carbocycles. The fourth-order valence-corrected chi connectivity index (χ4v) is 2.05. The van der Waals surface area contributed by atoms with E-state index in [-0.39, 0.29) is 5.91 Å². The summed E-state index contributed by atoms with van der Waals surface area (Å²) in [5, 5.41) is 4.17. The Kier molecular flexibility index (Phi) is 3.24. The maximum absolute atomic E-state index is 11.2. The molecular formula is C12H14ClN3O. The van der Waals surface area contributed by atoms with Crippen LogP contribution in [0.25, 0.3) is 10.9 Å². The Morgan fingerprint density at radius 1 is 1.53 bits per heavy atom. The van der Waals surface area contributed by atoms with Crippen molar-refractivity contribution in [2.45, 2.75) is 13.0 Å². The molecule has 0 spiro atoms. The predicted molar refractivity (Wildman–Crippen MR) is 70.0 cm³/mol. The van der Waals surface area contributed by atoms with Crippen molar-refractivity contribution < 1.29 is 4.79 Å². The predicted octanol–water partition coefficient (Wildman–Crippen LogP) is 2.01. The Hall–Kier alpha value is -1.68. The number of fused-ring (bicyclic) bond motifs is 1. The van der Waals surface area contributed by atoms with Gasteiger partial charge >= 0.3 is 0 Å². The van der Waals surface area contributed by atoms with Gasteiger partial charge in [-0.25, -0.2) is 0 Å². The van der Waals surface area contributed by atoms with Crippen LogP contribution < -0.4 is 11.1 Å². The topological polar surface area (TPSA) is 60.0 Å². The third-order valence-corrected chi connectivity index (χ3v) is 2.96. The van der Waals surface area contributed by atoms with E-state index in [4.69, 9.17) is 17.3 Å². The number of halogens is 1. The van der Waals surface area contributed by atoms with Gasteiger partial charge in [-0.2, -0.15) is 0 Å². The number of nitrogens with one attached hydrogen (secondary N) is 1. The summed E-state index contributed by atoms with van der Waals surface area (Å²) in [6, 6.07) is 5.52. The summed E-state index contributed by atoms with van der Waals surface area (Å²) in [5.74, 6) is 0.0156. The van der Waals surface area contributed by atoms with Crippen molar-refractivity contribution in [1.82, 2.24) is 9.88 Å². The Labute approximate surface area is 104 Å². The molecule has 0 radical (unpaired) electrons. The van der Waals surface area contributed by atoms with Gasteiger partial charge in [-0.1, -0.05) is 11.6 Å². The van der Waals surface area contributed by atoms with Crippen molar-refractivity contribution in [3.05, 3.63) is 29.4 Å². The Morgan fingerprint density at radius 2 is 2.29 bits per heavy atom. The second-order valence-corrected chi connectivity index (χ2v) is 4.30. The first-order valence-electron chi connectivity index (χ1n) is 5.36. The van der Waals surface area contributed by atoms with E-state index in [0.29, 0.717) is 23.7 Å². The third-order valence-electron chi connectivity index (χ3n) is 2.74. The number of aromatic nitrogens is 1. The summed E-state index contributed by atoms with van der Waals surface area (Å²) >= 11 is 5.97. The van der Waals surface area contributed by atoms with Crippen LogP contribution in [0, 0.1) is 0 Å². The van der Waals surface area contributed by atoms with Crippen LogP contribution in [-0.4, -0.2) is 17.5 Å². The highest BCUT2D eigenvalue weighted by Crippen LogP contribution is 2.26. The SMILES string of the molecule is CNC(=O)CCn1ccc2c(N)cc(Cl)cc21. The summed E-state index contributed by atoms with van der Waals surface area (Å²) in [6.45, 7) is 0.614. The van der Waals surface area contributed by atoms with E-state index >= 15 is 0 Å². The standard InChI is InChI=1S/C12H14ClN3O/c1-15-12(17)3-5-16-4-2-9-10(14)6-8(13)7-11(9)16/h2,4,6-7H,3,5,14H2,1H3,(H,15,17). The van der Waals surface area contributed by atoms with Gasteiger partial charge in [0.15, 0.2) is 0 Å². The number of hydrogen-bond acceptors (Lipinski definition) is 2. The van der Waals surface area contributed by atoms with Crippen LogP contribution in [-0.2, 0) is 11.3 Å². The molecular weight excluding hydrogens is 238 g/mol. The average Bonchev–Trinajstić information content (AvgIpc) is 2.69. The molecule has 0 bridgehead atoms. The number of carbonyl (C=O) groups is 1. The minimum atomic E-state index is 0.0156. The average molecular weight is 252 g/mol. The van der Waals surface area contributed by atoms with E-state index in [1.165, 1.54) is 0 Å². The molecule has 0 saturated heterocycles. The molecule has 0 atom stereocenters. The van der Waals surface area contributed by atoms with Gasteiger partial charge in [0.25, 0.3) is 0 Å². The van der Waals surface area contributed by atoms with Crippen LogP contribution in [0.4, 0.5) is 5.69 Å². The summed E-state index contributed by atoms with van der Waals surface area (Å²) < 4.78 is 1.98. The number of aryl methyl sites for hydroxylation is 1. The zero-order valence-corrected chi connectivity index (χ0v) is 10.3.